The fourth-order valence-electron chi connectivity index (χ4n) is 2.37. The maximum atomic E-state index is 11.4. The van der Waals surface area contributed by atoms with E-state index in [2.05, 4.69) is 11.9 Å². The van der Waals surface area contributed by atoms with Crippen LogP contribution in [0.3, 0.4) is 0 Å². The molecule has 0 spiro atoms. The molecule has 2 N–H and O–H groups in total. The van der Waals surface area contributed by atoms with E-state index in [4.69, 9.17) is 0 Å². The summed E-state index contributed by atoms with van der Waals surface area (Å²) in [6.45, 7) is 2.11. The van der Waals surface area contributed by atoms with Gasteiger partial charge in [-0.25, -0.2) is 0 Å². The van der Waals surface area contributed by atoms with Gasteiger partial charge in [-0.05, 0) is 0 Å². The molecule has 0 aliphatic rings. The molecule has 0 saturated heterocycles. The van der Waals surface area contributed by atoms with E-state index in [9.17, 15) is 9.90 Å². The number of rotatable bonds is 5. The first-order valence-corrected chi connectivity index (χ1v) is 11.3. The SMILES string of the molecule is CCC[CH2][Zn]([C](=O)O)[c]1cc2ccccc2[nH]1. The monoisotopic (exact) mass is 282 g/mol. The molecule has 3 nitrogen and oxygen atoms in total. The molecule has 87 valence electrons. The average molecular weight is 284 g/mol. The number of aromatic amines is 1. The van der Waals surface area contributed by atoms with Crippen molar-refractivity contribution in [3.8, 4) is 0 Å². The number of aromatic nitrogens is 1. The summed E-state index contributed by atoms with van der Waals surface area (Å²) in [5.74, 6) is 0. The first-order valence-electron chi connectivity index (χ1n) is 6.25. The summed E-state index contributed by atoms with van der Waals surface area (Å²) >= 11 is -2.64. The number of carbonyl (C=O) groups is 1. The predicted octanol–water partition coefficient (Wildman–Crippen LogP) is 3.31. The van der Waals surface area contributed by atoms with Gasteiger partial charge in [0.1, 0.15) is 0 Å². The van der Waals surface area contributed by atoms with E-state index in [-0.39, 0.29) is 0 Å². The normalized spacial score (nSPS) is 10.6. The third kappa shape index (κ3) is 2.75. The summed E-state index contributed by atoms with van der Waals surface area (Å²) in [5, 5.41) is 11.4. The number of fused-ring (bicyclic) bond motifs is 1. The molecule has 2 rings (SSSR count). The number of hydrogen-bond acceptors (Lipinski definition) is 1. The molecule has 4 heteroatoms. The van der Waals surface area contributed by atoms with Crippen LogP contribution in [0.2, 0.25) is 5.02 Å². The molecule has 0 saturated carbocycles. The zero-order chi connectivity index (χ0) is 12.3. The molecule has 0 aliphatic carbocycles. The molecule has 2 aromatic rings. The minimum atomic E-state index is -2.64. The Hall–Kier alpha value is -1.15. The van der Waals surface area contributed by atoms with Gasteiger partial charge in [0, 0.05) is 0 Å². The van der Waals surface area contributed by atoms with E-state index >= 15 is 0 Å². The molecule has 0 unspecified atom stereocenters. The number of unbranched alkanes of at least 4 members (excludes halogenated alkanes) is 1. The van der Waals surface area contributed by atoms with E-state index in [1.807, 2.05) is 30.3 Å². The van der Waals surface area contributed by atoms with Gasteiger partial charge in [-0.1, -0.05) is 0 Å². The summed E-state index contributed by atoms with van der Waals surface area (Å²) in [6, 6.07) is 10.0. The standard InChI is InChI=1S/C8H6N.C4H9.CHO2.Zn/c1-2-4-8-7(3-1)5-6-9-8;1-3-4-2;2-1-3;/h1-5,9H;1,3-4H2,2H3;(H,2,3);. The van der Waals surface area contributed by atoms with Crippen LogP contribution in [0, 0.1) is 0 Å². The summed E-state index contributed by atoms with van der Waals surface area (Å²) in [5.41, 5.74) is 1.06. The molecular weight excluding hydrogens is 268 g/mol. The van der Waals surface area contributed by atoms with Crippen LogP contribution < -0.4 is 4.29 Å². The van der Waals surface area contributed by atoms with Crippen molar-refractivity contribution < 1.29 is 25.9 Å². The van der Waals surface area contributed by atoms with Crippen molar-refractivity contribution in [2.24, 2.45) is 0 Å². The van der Waals surface area contributed by atoms with Gasteiger partial charge in [-0.15, -0.1) is 0 Å². The molecule has 0 amide bonds. The zero-order valence-corrected chi connectivity index (χ0v) is 13.0. The third-order valence-corrected chi connectivity index (χ3v) is 10.2. The topological polar surface area (TPSA) is 53.1 Å². The van der Waals surface area contributed by atoms with Crippen molar-refractivity contribution >= 4 is 19.8 Å². The van der Waals surface area contributed by atoms with E-state index < -0.39 is 20.5 Å². The van der Waals surface area contributed by atoms with Gasteiger partial charge >= 0.3 is 106 Å². The second kappa shape index (κ2) is 5.46. The van der Waals surface area contributed by atoms with Crippen molar-refractivity contribution in [2.75, 3.05) is 0 Å². The second-order valence-electron chi connectivity index (χ2n) is 4.66. The Labute approximate surface area is 106 Å². The van der Waals surface area contributed by atoms with Gasteiger partial charge in [-0.2, -0.15) is 0 Å². The van der Waals surface area contributed by atoms with E-state index in [1.165, 1.54) is 0 Å². The van der Waals surface area contributed by atoms with E-state index in [0.29, 0.717) is 0 Å². The van der Waals surface area contributed by atoms with Crippen LogP contribution in [0.25, 0.3) is 10.9 Å². The molecule has 0 bridgehead atoms. The minimum absolute atomic E-state index is 0.537. The molecule has 0 fully saturated rings. The summed E-state index contributed by atoms with van der Waals surface area (Å²) in [4.78, 5) is 14.7. The predicted molar refractivity (Wildman–Crippen MR) is 65.7 cm³/mol. The van der Waals surface area contributed by atoms with Crippen molar-refractivity contribution in [2.45, 2.75) is 24.8 Å². The Morgan fingerprint density at radius 1 is 1.41 bits per heavy atom. The molecule has 17 heavy (non-hydrogen) atoms. The summed E-state index contributed by atoms with van der Waals surface area (Å²) in [6.07, 6.45) is 2.10. The van der Waals surface area contributed by atoms with Crippen LogP contribution in [-0.4, -0.2) is 14.7 Å². The Bertz CT molecular complexity index is 488. The van der Waals surface area contributed by atoms with Crippen LogP contribution in [0.1, 0.15) is 19.8 Å². The molecule has 1 aromatic carbocycles. The molecule has 1 heterocycles. The number of H-pyrrole nitrogens is 1. The molecule has 1 aromatic heterocycles. The fraction of sp³-hybridized carbons (Fsp3) is 0.308. The van der Waals surface area contributed by atoms with Crippen LogP contribution >= 0.6 is 0 Å². The van der Waals surface area contributed by atoms with Crippen LogP contribution in [0.4, 0.5) is 4.79 Å². The molecule has 0 atom stereocenters. The van der Waals surface area contributed by atoms with Crippen LogP contribution in [0.5, 0.6) is 0 Å². The zero-order valence-electron chi connectivity index (χ0n) is 10.1. The molecule has 0 radical (unpaired) electrons. The van der Waals surface area contributed by atoms with E-state index in [0.717, 1.165) is 33.0 Å². The van der Waals surface area contributed by atoms with Gasteiger partial charge in [0.15, 0.2) is 0 Å². The quantitative estimate of drug-likeness (QED) is 0.827. The van der Waals surface area contributed by atoms with E-state index in [1.54, 1.807) is 0 Å². The van der Waals surface area contributed by atoms with Gasteiger partial charge in [0.2, 0.25) is 0 Å². The van der Waals surface area contributed by atoms with Crippen molar-refractivity contribution in [1.29, 1.82) is 0 Å². The van der Waals surface area contributed by atoms with Crippen LogP contribution in [0.15, 0.2) is 30.3 Å². The Balaban J connectivity index is 2.31. The van der Waals surface area contributed by atoms with Crippen molar-refractivity contribution in [3.63, 3.8) is 0 Å². The van der Waals surface area contributed by atoms with Crippen molar-refractivity contribution in [3.05, 3.63) is 30.3 Å². The average Bonchev–Trinajstić information content (AvgIpc) is 2.72. The Kier molecular flexibility index (Phi) is 3.95. The first-order chi connectivity index (χ1) is 8.22. The Morgan fingerprint density at radius 2 is 2.18 bits per heavy atom. The Morgan fingerprint density at radius 3 is 2.82 bits per heavy atom. The second-order valence-corrected chi connectivity index (χ2v) is 11.9. The summed E-state index contributed by atoms with van der Waals surface area (Å²) in [7, 11) is 0. The van der Waals surface area contributed by atoms with Gasteiger partial charge < -0.3 is 0 Å². The van der Waals surface area contributed by atoms with Gasteiger partial charge in [0.25, 0.3) is 0 Å². The van der Waals surface area contributed by atoms with Gasteiger partial charge in [-0.3, -0.25) is 0 Å². The molecular formula is C13H16NO2Zn. The van der Waals surface area contributed by atoms with Gasteiger partial charge in [0.05, 0.1) is 0 Å². The number of hydrogen-bond donors (Lipinski definition) is 2. The number of benzene rings is 1. The van der Waals surface area contributed by atoms with Crippen LogP contribution in [-0.2, 0) is 16.0 Å². The fourth-order valence-corrected chi connectivity index (χ4v) is 8.41. The number of nitrogens with one attached hydrogen (secondary N) is 1. The van der Waals surface area contributed by atoms with Crippen molar-refractivity contribution in [1.82, 2.24) is 4.98 Å². The first kappa shape index (κ1) is 12.3. The third-order valence-electron chi connectivity index (χ3n) is 3.37. The maximum absolute atomic E-state index is 11.4. The number of para-hydroxylation sites is 1. The summed E-state index contributed by atoms with van der Waals surface area (Å²) < 4.78 is 0.483. The number of carboxylic acid groups (broad SMARTS) is 1. The molecule has 0 aliphatic heterocycles.